The number of rotatable bonds is 5. The van der Waals surface area contributed by atoms with Gasteiger partial charge in [0.2, 0.25) is 0 Å². The lowest BCUT2D eigenvalue weighted by Gasteiger charge is -2.26. The molecule has 8 heteroatoms. The van der Waals surface area contributed by atoms with Crippen molar-refractivity contribution in [3.8, 4) is 0 Å². The first-order valence-electron chi connectivity index (χ1n) is 8.84. The number of esters is 1. The van der Waals surface area contributed by atoms with Crippen molar-refractivity contribution in [3.05, 3.63) is 41.6 Å². The lowest BCUT2D eigenvalue weighted by molar-refractivity contribution is -0.136. The highest BCUT2D eigenvalue weighted by Crippen LogP contribution is 2.20. The lowest BCUT2D eigenvalue weighted by atomic mass is 10.1. The number of pyridine rings is 1. The molecule has 1 aliphatic heterocycles. The minimum absolute atomic E-state index is 0.0330. The van der Waals surface area contributed by atoms with E-state index < -0.39 is 22.4 Å². The normalized spacial score (nSPS) is 18.4. The van der Waals surface area contributed by atoms with Crippen molar-refractivity contribution >= 4 is 32.6 Å². The monoisotopic (exact) mass is 390 g/mol. The van der Waals surface area contributed by atoms with Crippen LogP contribution in [0.1, 0.15) is 29.4 Å². The second-order valence-electron chi connectivity index (χ2n) is 6.64. The van der Waals surface area contributed by atoms with Crippen LogP contribution in [0.15, 0.2) is 30.3 Å². The van der Waals surface area contributed by atoms with E-state index in [0.717, 1.165) is 0 Å². The lowest BCUT2D eigenvalue weighted by Crippen LogP contribution is -2.43. The molecule has 0 saturated carbocycles. The van der Waals surface area contributed by atoms with Crippen LogP contribution in [0.4, 0.5) is 0 Å². The molecule has 1 atom stereocenters. The van der Waals surface area contributed by atoms with Crippen LogP contribution >= 0.6 is 0 Å². The minimum Gasteiger partial charge on any atom is -0.452 e. The fraction of sp³-hybridized carbons (Fsp3) is 0.421. The Hall–Kier alpha value is -2.48. The number of ether oxygens (including phenoxy) is 1. The predicted octanol–water partition coefficient (Wildman–Crippen LogP) is 1.74. The highest BCUT2D eigenvalue weighted by atomic mass is 32.2. The van der Waals surface area contributed by atoms with Gasteiger partial charge in [0.05, 0.1) is 22.6 Å². The van der Waals surface area contributed by atoms with Gasteiger partial charge < -0.3 is 9.64 Å². The summed E-state index contributed by atoms with van der Waals surface area (Å²) in [6.07, 6.45) is 0.421. The summed E-state index contributed by atoms with van der Waals surface area (Å²) in [5.41, 5.74) is 1.72. The smallest absolute Gasteiger partial charge is 0.339 e. The summed E-state index contributed by atoms with van der Waals surface area (Å²) in [5.74, 6) is -0.929. The predicted molar refractivity (Wildman–Crippen MR) is 101 cm³/mol. The van der Waals surface area contributed by atoms with Crippen molar-refractivity contribution in [3.63, 3.8) is 0 Å². The molecule has 0 bridgehead atoms. The van der Waals surface area contributed by atoms with Crippen molar-refractivity contribution in [2.75, 3.05) is 24.7 Å². The van der Waals surface area contributed by atoms with E-state index in [0.29, 0.717) is 35.1 Å². The van der Waals surface area contributed by atoms with Crippen molar-refractivity contribution in [2.24, 2.45) is 0 Å². The van der Waals surface area contributed by atoms with Crippen LogP contribution in [0.5, 0.6) is 0 Å². The molecule has 1 aromatic carbocycles. The molecule has 1 saturated heterocycles. The second-order valence-corrected chi connectivity index (χ2v) is 8.87. The molecule has 1 fully saturated rings. The summed E-state index contributed by atoms with van der Waals surface area (Å²) >= 11 is 0. The van der Waals surface area contributed by atoms with Crippen LogP contribution in [-0.2, 0) is 19.4 Å². The van der Waals surface area contributed by atoms with E-state index in [2.05, 4.69) is 4.98 Å². The van der Waals surface area contributed by atoms with Crippen molar-refractivity contribution < 1.29 is 22.7 Å². The van der Waals surface area contributed by atoms with Gasteiger partial charge in [-0.1, -0.05) is 18.2 Å². The SMILES string of the molecule is CCN(C(=O)COC(=O)c1cc(C)nc2ccccc12)[C@@H]1CCS(=O)(=O)C1. The first-order valence-corrected chi connectivity index (χ1v) is 10.7. The summed E-state index contributed by atoms with van der Waals surface area (Å²) in [4.78, 5) is 30.9. The van der Waals surface area contributed by atoms with Gasteiger partial charge in [-0.3, -0.25) is 9.78 Å². The molecule has 0 unspecified atom stereocenters. The molecule has 7 nitrogen and oxygen atoms in total. The number of carbonyl (C=O) groups excluding carboxylic acids is 2. The van der Waals surface area contributed by atoms with Gasteiger partial charge in [-0.15, -0.1) is 0 Å². The largest absolute Gasteiger partial charge is 0.452 e. The molecule has 0 aliphatic carbocycles. The topological polar surface area (TPSA) is 93.6 Å². The quantitative estimate of drug-likeness (QED) is 0.722. The number of nitrogens with zero attached hydrogens (tertiary/aromatic N) is 2. The first-order chi connectivity index (χ1) is 12.8. The third kappa shape index (κ3) is 4.27. The van der Waals surface area contributed by atoms with E-state index in [1.54, 1.807) is 32.0 Å². The van der Waals surface area contributed by atoms with E-state index in [9.17, 15) is 18.0 Å². The third-order valence-electron chi connectivity index (χ3n) is 4.70. The summed E-state index contributed by atoms with van der Waals surface area (Å²) in [6, 6.07) is 8.51. The third-order valence-corrected chi connectivity index (χ3v) is 6.45. The maximum absolute atomic E-state index is 12.5. The second kappa shape index (κ2) is 7.64. The molecular weight excluding hydrogens is 368 g/mol. The number of fused-ring (bicyclic) bond motifs is 1. The molecule has 144 valence electrons. The van der Waals surface area contributed by atoms with Gasteiger partial charge in [-0.05, 0) is 32.4 Å². The number of carbonyl (C=O) groups is 2. The van der Waals surface area contributed by atoms with Crippen LogP contribution in [-0.4, -0.2) is 60.9 Å². The Balaban J connectivity index is 1.71. The molecule has 0 spiro atoms. The van der Waals surface area contributed by atoms with Crippen LogP contribution in [0, 0.1) is 6.92 Å². The van der Waals surface area contributed by atoms with Crippen LogP contribution in [0.3, 0.4) is 0 Å². The molecule has 1 aliphatic rings. The number of hydrogen-bond acceptors (Lipinski definition) is 6. The zero-order valence-corrected chi connectivity index (χ0v) is 16.2. The van der Waals surface area contributed by atoms with E-state index in [1.807, 2.05) is 12.1 Å². The molecule has 0 N–H and O–H groups in total. The van der Waals surface area contributed by atoms with Crippen LogP contribution in [0.25, 0.3) is 10.9 Å². The highest BCUT2D eigenvalue weighted by molar-refractivity contribution is 7.91. The van der Waals surface area contributed by atoms with Gasteiger partial charge >= 0.3 is 5.97 Å². The Kier molecular flexibility index (Phi) is 5.46. The number of benzene rings is 1. The Morgan fingerprint density at radius 2 is 2.04 bits per heavy atom. The van der Waals surface area contributed by atoms with Crippen LogP contribution < -0.4 is 0 Å². The van der Waals surface area contributed by atoms with Crippen LogP contribution in [0.2, 0.25) is 0 Å². The zero-order valence-electron chi connectivity index (χ0n) is 15.3. The van der Waals surface area contributed by atoms with Gasteiger partial charge in [-0.25, -0.2) is 13.2 Å². The Morgan fingerprint density at radius 1 is 1.30 bits per heavy atom. The summed E-state index contributed by atoms with van der Waals surface area (Å²) in [7, 11) is -3.10. The molecule has 1 amide bonds. The molecular formula is C19H22N2O5S. The van der Waals surface area contributed by atoms with Gasteiger partial charge in [-0.2, -0.15) is 0 Å². The first kappa shape index (κ1) is 19.3. The molecule has 3 rings (SSSR count). The Morgan fingerprint density at radius 3 is 2.70 bits per heavy atom. The number of likely N-dealkylation sites (N-methyl/N-ethyl adjacent to an activating group) is 1. The van der Waals surface area contributed by atoms with Gasteiger partial charge in [0.1, 0.15) is 0 Å². The summed E-state index contributed by atoms with van der Waals surface area (Å²) < 4.78 is 28.6. The van der Waals surface area contributed by atoms with Crippen molar-refractivity contribution in [2.45, 2.75) is 26.3 Å². The number of sulfone groups is 1. The fourth-order valence-corrected chi connectivity index (χ4v) is 5.15. The summed E-state index contributed by atoms with van der Waals surface area (Å²) in [5, 5.41) is 0.662. The number of amides is 1. The fourth-order valence-electron chi connectivity index (χ4n) is 3.42. The highest BCUT2D eigenvalue weighted by Gasteiger charge is 2.34. The van der Waals surface area contributed by atoms with Gasteiger partial charge in [0.25, 0.3) is 5.91 Å². The maximum Gasteiger partial charge on any atom is 0.339 e. The minimum atomic E-state index is -3.10. The standard InChI is InChI=1S/C19H22N2O5S/c1-3-21(14-8-9-27(24,25)12-14)18(22)11-26-19(23)16-10-13(2)20-17-7-5-4-6-15(16)17/h4-7,10,14H,3,8-9,11-12H2,1-2H3/t14-/m1/s1. The molecule has 2 heterocycles. The number of aromatic nitrogens is 1. The van der Waals surface area contributed by atoms with E-state index in [1.165, 1.54) is 4.90 Å². The van der Waals surface area contributed by atoms with Crippen molar-refractivity contribution in [1.29, 1.82) is 0 Å². The number of hydrogen-bond donors (Lipinski definition) is 0. The number of aryl methyl sites for hydroxylation is 1. The average Bonchev–Trinajstić information content (AvgIpc) is 2.99. The average molecular weight is 390 g/mol. The van der Waals surface area contributed by atoms with E-state index in [4.69, 9.17) is 4.74 Å². The van der Waals surface area contributed by atoms with E-state index in [-0.39, 0.29) is 23.5 Å². The Bertz CT molecular complexity index is 987. The Labute approximate surface area is 158 Å². The molecule has 2 aromatic rings. The van der Waals surface area contributed by atoms with Crippen molar-refractivity contribution in [1.82, 2.24) is 9.88 Å². The van der Waals surface area contributed by atoms with Gasteiger partial charge in [0.15, 0.2) is 16.4 Å². The molecule has 27 heavy (non-hydrogen) atoms. The molecule has 1 aromatic heterocycles. The zero-order chi connectivity index (χ0) is 19.6. The maximum atomic E-state index is 12.5. The van der Waals surface area contributed by atoms with E-state index >= 15 is 0 Å². The molecule has 0 radical (unpaired) electrons. The number of para-hydroxylation sites is 1. The van der Waals surface area contributed by atoms with Gasteiger partial charge in [0, 0.05) is 23.7 Å². The summed E-state index contributed by atoms with van der Waals surface area (Å²) in [6.45, 7) is 3.52.